The maximum Gasteiger partial charge on any atom is 0.305 e. The second-order valence-electron chi connectivity index (χ2n) is 6.98. The minimum absolute atomic E-state index is 0.0639. The predicted molar refractivity (Wildman–Crippen MR) is 112 cm³/mol. The van der Waals surface area contributed by atoms with E-state index in [9.17, 15) is 9.59 Å². The van der Waals surface area contributed by atoms with Crippen LogP contribution in [0.25, 0.3) is 10.2 Å². The summed E-state index contributed by atoms with van der Waals surface area (Å²) in [5.74, 6) is -0.972. The van der Waals surface area contributed by atoms with Gasteiger partial charge in [-0.25, -0.2) is 4.98 Å². The van der Waals surface area contributed by atoms with Crippen molar-refractivity contribution in [2.24, 2.45) is 0 Å². The molecule has 1 heterocycles. The van der Waals surface area contributed by atoms with Gasteiger partial charge in [0.2, 0.25) is 5.91 Å². The Morgan fingerprint density at radius 1 is 1.11 bits per heavy atom. The number of para-hydroxylation sites is 1. The number of aliphatic carboxylic acids is 1. The van der Waals surface area contributed by atoms with Crippen molar-refractivity contribution in [1.82, 2.24) is 9.88 Å². The second-order valence-corrected chi connectivity index (χ2v) is 8.09. The fraction of sp³-hybridized carbons (Fsp3) is 0.318. The van der Waals surface area contributed by atoms with E-state index < -0.39 is 11.4 Å². The molecule has 0 bridgehead atoms. The summed E-state index contributed by atoms with van der Waals surface area (Å²) in [4.78, 5) is 30.9. The molecule has 0 aliphatic heterocycles. The molecular formula is C22H24N2O3S. The Bertz CT molecular complexity index is 937. The molecule has 1 aromatic heterocycles. The normalized spacial score (nSPS) is 13.2. The smallest absolute Gasteiger partial charge is 0.305 e. The van der Waals surface area contributed by atoms with Crippen LogP contribution in [0.5, 0.6) is 0 Å². The first-order valence-corrected chi connectivity index (χ1v) is 10.2. The van der Waals surface area contributed by atoms with Crippen molar-refractivity contribution in [1.29, 1.82) is 0 Å². The average Bonchev–Trinajstić information content (AvgIpc) is 3.10. The molecule has 0 aliphatic rings. The van der Waals surface area contributed by atoms with Gasteiger partial charge in [0.05, 0.1) is 27.1 Å². The first-order chi connectivity index (χ1) is 13.4. The zero-order chi connectivity index (χ0) is 20.1. The molecule has 0 saturated heterocycles. The highest BCUT2D eigenvalue weighted by Gasteiger charge is 2.39. The maximum atomic E-state index is 13.5. The lowest BCUT2D eigenvalue weighted by Gasteiger charge is -2.34. The van der Waals surface area contributed by atoms with E-state index in [0.717, 1.165) is 20.8 Å². The van der Waals surface area contributed by atoms with E-state index in [0.29, 0.717) is 13.0 Å². The van der Waals surface area contributed by atoms with E-state index in [2.05, 4.69) is 0 Å². The molecule has 6 heteroatoms. The minimum Gasteiger partial charge on any atom is -0.481 e. The lowest BCUT2D eigenvalue weighted by atomic mass is 9.78. The summed E-state index contributed by atoms with van der Waals surface area (Å²) in [6, 6.07) is 17.6. The van der Waals surface area contributed by atoms with Crippen LogP contribution < -0.4 is 0 Å². The number of carboxylic acid groups (broad SMARTS) is 1. The first-order valence-electron chi connectivity index (χ1n) is 9.35. The van der Waals surface area contributed by atoms with E-state index >= 15 is 0 Å². The number of carbonyl (C=O) groups excluding carboxylic acids is 1. The molecule has 2 aromatic carbocycles. The number of hydrogen-bond donors (Lipinski definition) is 1. The highest BCUT2D eigenvalue weighted by Crippen LogP contribution is 2.33. The monoisotopic (exact) mass is 396 g/mol. The molecule has 3 rings (SSSR count). The van der Waals surface area contributed by atoms with Crippen LogP contribution in [0.4, 0.5) is 0 Å². The van der Waals surface area contributed by atoms with Crippen LogP contribution in [0, 0.1) is 0 Å². The van der Waals surface area contributed by atoms with Gasteiger partial charge in [-0.2, -0.15) is 0 Å². The predicted octanol–water partition coefficient (Wildman–Crippen LogP) is 4.12. The van der Waals surface area contributed by atoms with Crippen LogP contribution in [0.2, 0.25) is 0 Å². The van der Waals surface area contributed by atoms with Crippen molar-refractivity contribution in [3.63, 3.8) is 0 Å². The fourth-order valence-corrected chi connectivity index (χ4v) is 4.51. The van der Waals surface area contributed by atoms with Crippen LogP contribution in [0.3, 0.4) is 0 Å². The Morgan fingerprint density at radius 2 is 1.79 bits per heavy atom. The second kappa shape index (κ2) is 8.52. The van der Waals surface area contributed by atoms with Crippen LogP contribution in [0.1, 0.15) is 30.8 Å². The fourth-order valence-electron chi connectivity index (χ4n) is 3.39. The van der Waals surface area contributed by atoms with Crippen molar-refractivity contribution in [3.05, 3.63) is 65.2 Å². The molecular weight excluding hydrogens is 372 g/mol. The van der Waals surface area contributed by atoms with Crippen molar-refractivity contribution in [2.75, 3.05) is 13.1 Å². The molecule has 3 aromatic rings. The molecule has 0 spiro atoms. The van der Waals surface area contributed by atoms with Crippen LogP contribution in [-0.4, -0.2) is 40.0 Å². The number of fused-ring (bicyclic) bond motifs is 1. The number of nitrogens with zero attached hydrogens (tertiary/aromatic N) is 2. The molecule has 28 heavy (non-hydrogen) atoms. The van der Waals surface area contributed by atoms with Gasteiger partial charge < -0.3 is 10.0 Å². The SMILES string of the molecule is CCN(CCC(=O)O)C(=O)C(C)(Cc1nc2ccccc2s1)c1ccccc1. The van der Waals surface area contributed by atoms with Gasteiger partial charge in [-0.05, 0) is 31.5 Å². The number of rotatable bonds is 8. The third kappa shape index (κ3) is 4.22. The van der Waals surface area contributed by atoms with Crippen molar-refractivity contribution < 1.29 is 14.7 Å². The lowest BCUT2D eigenvalue weighted by Crippen LogP contribution is -2.47. The molecule has 1 unspecified atom stereocenters. The topological polar surface area (TPSA) is 70.5 Å². The number of thiazole rings is 1. The summed E-state index contributed by atoms with van der Waals surface area (Å²) < 4.78 is 1.10. The maximum absolute atomic E-state index is 13.5. The molecule has 1 amide bonds. The van der Waals surface area contributed by atoms with Gasteiger partial charge >= 0.3 is 5.97 Å². The zero-order valence-corrected chi connectivity index (χ0v) is 16.9. The van der Waals surface area contributed by atoms with Crippen molar-refractivity contribution in [2.45, 2.75) is 32.1 Å². The summed E-state index contributed by atoms with van der Waals surface area (Å²) in [6.07, 6.45) is 0.407. The molecule has 0 saturated carbocycles. The van der Waals surface area contributed by atoms with Gasteiger partial charge in [0.1, 0.15) is 0 Å². The number of aromatic nitrogens is 1. The Morgan fingerprint density at radius 3 is 2.43 bits per heavy atom. The number of hydrogen-bond acceptors (Lipinski definition) is 4. The summed E-state index contributed by atoms with van der Waals surface area (Å²) >= 11 is 1.60. The Labute approximate surface area is 168 Å². The van der Waals surface area contributed by atoms with E-state index in [1.54, 1.807) is 16.2 Å². The number of likely N-dealkylation sites (N-methyl/N-ethyl adjacent to an activating group) is 1. The highest BCUT2D eigenvalue weighted by molar-refractivity contribution is 7.18. The average molecular weight is 397 g/mol. The standard InChI is InChI=1S/C22H24N2O3S/c1-3-24(14-13-20(25)26)21(27)22(2,16-9-5-4-6-10-16)15-19-23-17-11-7-8-12-18(17)28-19/h4-12H,3,13-15H2,1-2H3,(H,25,26). The third-order valence-corrected chi connectivity index (χ3v) is 6.03. The van der Waals surface area contributed by atoms with E-state index in [-0.39, 0.29) is 18.9 Å². The quantitative estimate of drug-likeness (QED) is 0.622. The molecule has 0 aliphatic carbocycles. The van der Waals surface area contributed by atoms with Crippen LogP contribution >= 0.6 is 11.3 Å². The van der Waals surface area contributed by atoms with E-state index in [1.807, 2.05) is 68.4 Å². The minimum atomic E-state index is -0.904. The lowest BCUT2D eigenvalue weighted by molar-refractivity contribution is -0.140. The van der Waals surface area contributed by atoms with Gasteiger partial charge in [-0.15, -0.1) is 11.3 Å². The Balaban J connectivity index is 1.97. The number of benzene rings is 2. The van der Waals surface area contributed by atoms with E-state index in [1.165, 1.54) is 0 Å². The van der Waals surface area contributed by atoms with Gasteiger partial charge in [0.15, 0.2) is 0 Å². The van der Waals surface area contributed by atoms with E-state index in [4.69, 9.17) is 10.1 Å². The summed E-state index contributed by atoms with van der Waals surface area (Å²) in [5, 5.41) is 9.93. The molecule has 146 valence electrons. The molecule has 1 N–H and O–H groups in total. The number of carbonyl (C=O) groups is 2. The molecule has 1 atom stereocenters. The molecule has 0 fully saturated rings. The largest absolute Gasteiger partial charge is 0.481 e. The first kappa shape index (κ1) is 20.0. The van der Waals surface area contributed by atoms with Gasteiger partial charge in [0.25, 0.3) is 0 Å². The summed E-state index contributed by atoms with van der Waals surface area (Å²) in [5.41, 5.74) is 1.03. The Kier molecular flexibility index (Phi) is 6.09. The van der Waals surface area contributed by atoms with Gasteiger partial charge in [-0.1, -0.05) is 42.5 Å². The number of amides is 1. The van der Waals surface area contributed by atoms with Gasteiger partial charge in [0, 0.05) is 19.5 Å². The van der Waals surface area contributed by atoms with Gasteiger partial charge in [-0.3, -0.25) is 9.59 Å². The van der Waals surface area contributed by atoms with Crippen LogP contribution in [0.15, 0.2) is 54.6 Å². The zero-order valence-electron chi connectivity index (χ0n) is 16.1. The molecule has 5 nitrogen and oxygen atoms in total. The van der Waals surface area contributed by atoms with Crippen molar-refractivity contribution in [3.8, 4) is 0 Å². The van der Waals surface area contributed by atoms with Crippen molar-refractivity contribution >= 4 is 33.4 Å². The molecule has 0 radical (unpaired) electrons. The van der Waals surface area contributed by atoms with Crippen LogP contribution in [-0.2, 0) is 21.4 Å². The Hall–Kier alpha value is -2.73. The highest BCUT2D eigenvalue weighted by atomic mass is 32.1. The summed E-state index contributed by atoms with van der Waals surface area (Å²) in [7, 11) is 0. The summed E-state index contributed by atoms with van der Waals surface area (Å²) in [6.45, 7) is 4.48. The third-order valence-electron chi connectivity index (χ3n) is 4.99. The number of carboxylic acids is 1.